The second kappa shape index (κ2) is 2.88. The van der Waals surface area contributed by atoms with Crippen molar-refractivity contribution >= 4 is 22.2 Å². The van der Waals surface area contributed by atoms with E-state index in [4.69, 9.17) is 0 Å². The Kier molecular flexibility index (Phi) is 2.96. The summed E-state index contributed by atoms with van der Waals surface area (Å²) in [5.41, 5.74) is 0. The summed E-state index contributed by atoms with van der Waals surface area (Å²) in [6.45, 7) is 1.98. The van der Waals surface area contributed by atoms with Gasteiger partial charge in [0.05, 0.1) is 11.5 Å². The van der Waals surface area contributed by atoms with Crippen molar-refractivity contribution in [3.63, 3.8) is 0 Å². The molecule has 4 heteroatoms. The summed E-state index contributed by atoms with van der Waals surface area (Å²) in [6.07, 6.45) is 0.863. The highest BCUT2D eigenvalue weighted by atomic mass is 35.5. The molecule has 1 aliphatic heterocycles. The first-order valence-corrected chi connectivity index (χ1v) is 4.63. The van der Waals surface area contributed by atoms with E-state index in [0.29, 0.717) is 17.4 Å². The maximum absolute atomic E-state index is 10.6. The molecule has 1 atom stereocenters. The van der Waals surface area contributed by atoms with E-state index in [0.717, 1.165) is 6.42 Å². The van der Waals surface area contributed by atoms with Crippen LogP contribution in [0.5, 0.6) is 0 Å². The van der Waals surface area contributed by atoms with Crippen molar-refractivity contribution in [1.82, 2.24) is 0 Å². The van der Waals surface area contributed by atoms with Crippen LogP contribution in [0.25, 0.3) is 0 Å². The molecule has 0 aliphatic carbocycles. The number of rotatable bonds is 0. The first-order valence-electron chi connectivity index (χ1n) is 2.80. The van der Waals surface area contributed by atoms with Crippen LogP contribution in [0.15, 0.2) is 0 Å². The molecule has 0 aromatic rings. The van der Waals surface area contributed by atoms with E-state index in [2.05, 4.69) is 0 Å². The maximum Gasteiger partial charge on any atom is 0.150 e. The fraction of sp³-hybridized carbons (Fsp3) is 1.00. The van der Waals surface area contributed by atoms with Crippen molar-refractivity contribution in [2.45, 2.75) is 13.3 Å². The minimum Gasteiger partial charge on any atom is -0.229 e. The molecule has 56 valence electrons. The number of hydrogen-bond acceptors (Lipinski definition) is 2. The molecule has 0 aromatic carbocycles. The highest BCUT2D eigenvalue weighted by Crippen LogP contribution is 2.16. The van der Waals surface area contributed by atoms with Crippen LogP contribution >= 0.6 is 12.4 Å². The van der Waals surface area contributed by atoms with Crippen LogP contribution in [0.3, 0.4) is 0 Å². The van der Waals surface area contributed by atoms with Crippen LogP contribution in [-0.4, -0.2) is 19.9 Å². The molecule has 0 aromatic heterocycles. The van der Waals surface area contributed by atoms with Gasteiger partial charge in [0, 0.05) is 0 Å². The van der Waals surface area contributed by atoms with E-state index in [1.807, 2.05) is 6.92 Å². The molecule has 1 unspecified atom stereocenters. The van der Waals surface area contributed by atoms with E-state index in [-0.39, 0.29) is 12.4 Å². The highest BCUT2D eigenvalue weighted by molar-refractivity contribution is 7.91. The molecule has 1 rings (SSSR count). The molecule has 0 amide bonds. The van der Waals surface area contributed by atoms with E-state index < -0.39 is 9.84 Å². The molecular formula is C5H11ClO2S. The average Bonchev–Trinajstić information content (AvgIpc) is 1.82. The van der Waals surface area contributed by atoms with Gasteiger partial charge in [0.25, 0.3) is 0 Å². The standard InChI is InChI=1S/C5H10O2S.ClH/c1-5-2-3-8(6,7)4-5;/h5H,2-4H2,1H3;1H. The minimum absolute atomic E-state index is 0. The lowest BCUT2D eigenvalue weighted by atomic mass is 10.2. The molecule has 0 bridgehead atoms. The van der Waals surface area contributed by atoms with Crippen LogP contribution < -0.4 is 0 Å². The molecule has 0 N–H and O–H groups in total. The van der Waals surface area contributed by atoms with Crippen LogP contribution in [0.1, 0.15) is 13.3 Å². The van der Waals surface area contributed by atoms with Gasteiger partial charge in [-0.3, -0.25) is 0 Å². The Morgan fingerprint density at radius 2 is 2.00 bits per heavy atom. The molecule has 1 heterocycles. The fourth-order valence-electron chi connectivity index (χ4n) is 0.981. The fourth-order valence-corrected chi connectivity index (χ4v) is 2.94. The lowest BCUT2D eigenvalue weighted by Crippen LogP contribution is -2.01. The van der Waals surface area contributed by atoms with Crippen LogP contribution in [0.2, 0.25) is 0 Å². The van der Waals surface area contributed by atoms with Crippen molar-refractivity contribution < 1.29 is 8.42 Å². The van der Waals surface area contributed by atoms with Gasteiger partial charge in [-0.1, -0.05) is 6.92 Å². The SMILES string of the molecule is CC1CCS(=O)(=O)C1.Cl. The Hall–Kier alpha value is 0.240. The Labute approximate surface area is 62.0 Å². The van der Waals surface area contributed by atoms with Crippen LogP contribution in [0.4, 0.5) is 0 Å². The predicted molar refractivity (Wildman–Crippen MR) is 39.7 cm³/mol. The summed E-state index contributed by atoms with van der Waals surface area (Å²) in [5, 5.41) is 0. The van der Waals surface area contributed by atoms with Gasteiger partial charge in [0.2, 0.25) is 0 Å². The number of halogens is 1. The lowest BCUT2D eigenvalue weighted by molar-refractivity contribution is 0.599. The predicted octanol–water partition coefficient (Wildman–Crippen LogP) is 0.863. The van der Waals surface area contributed by atoms with Crippen LogP contribution in [0, 0.1) is 5.92 Å². The van der Waals surface area contributed by atoms with Gasteiger partial charge in [0.1, 0.15) is 0 Å². The summed E-state index contributed by atoms with van der Waals surface area (Å²) in [6, 6.07) is 0. The van der Waals surface area contributed by atoms with E-state index in [1.165, 1.54) is 0 Å². The zero-order chi connectivity index (χ0) is 6.20. The van der Waals surface area contributed by atoms with Gasteiger partial charge in [-0.05, 0) is 12.3 Å². The lowest BCUT2D eigenvalue weighted by Gasteiger charge is -1.90. The Morgan fingerprint density at radius 3 is 2.11 bits per heavy atom. The van der Waals surface area contributed by atoms with E-state index in [1.54, 1.807) is 0 Å². The average molecular weight is 171 g/mol. The van der Waals surface area contributed by atoms with E-state index >= 15 is 0 Å². The molecule has 1 aliphatic rings. The van der Waals surface area contributed by atoms with Gasteiger partial charge < -0.3 is 0 Å². The van der Waals surface area contributed by atoms with Gasteiger partial charge in [-0.2, -0.15) is 0 Å². The second-order valence-corrected chi connectivity index (χ2v) is 4.74. The zero-order valence-electron chi connectivity index (χ0n) is 5.33. The summed E-state index contributed by atoms with van der Waals surface area (Å²) >= 11 is 0. The Balaban J connectivity index is 0.000000640. The molecule has 1 saturated heterocycles. The summed E-state index contributed by atoms with van der Waals surface area (Å²) < 4.78 is 21.3. The third kappa shape index (κ3) is 2.54. The monoisotopic (exact) mass is 170 g/mol. The summed E-state index contributed by atoms with van der Waals surface area (Å²) in [7, 11) is -2.60. The third-order valence-corrected chi connectivity index (χ3v) is 3.39. The minimum atomic E-state index is -2.60. The molecule has 1 fully saturated rings. The second-order valence-electron chi connectivity index (χ2n) is 2.51. The third-order valence-electron chi connectivity index (χ3n) is 1.46. The summed E-state index contributed by atoms with van der Waals surface area (Å²) in [5.74, 6) is 1.22. The van der Waals surface area contributed by atoms with Crippen LogP contribution in [-0.2, 0) is 9.84 Å². The van der Waals surface area contributed by atoms with Crippen molar-refractivity contribution in [3.8, 4) is 0 Å². The Morgan fingerprint density at radius 1 is 1.44 bits per heavy atom. The van der Waals surface area contributed by atoms with Gasteiger partial charge in [-0.15, -0.1) is 12.4 Å². The van der Waals surface area contributed by atoms with Gasteiger partial charge in [-0.25, -0.2) is 8.42 Å². The summed E-state index contributed by atoms with van der Waals surface area (Å²) in [4.78, 5) is 0. The van der Waals surface area contributed by atoms with Gasteiger partial charge >= 0.3 is 0 Å². The number of sulfone groups is 1. The first-order chi connectivity index (χ1) is 3.60. The maximum atomic E-state index is 10.6. The van der Waals surface area contributed by atoms with Crippen molar-refractivity contribution in [1.29, 1.82) is 0 Å². The van der Waals surface area contributed by atoms with Crippen molar-refractivity contribution in [2.75, 3.05) is 11.5 Å². The molecule has 0 radical (unpaired) electrons. The quantitative estimate of drug-likeness (QED) is 0.541. The molecule has 0 spiro atoms. The smallest absolute Gasteiger partial charge is 0.150 e. The zero-order valence-corrected chi connectivity index (χ0v) is 6.96. The number of hydrogen-bond donors (Lipinski definition) is 0. The van der Waals surface area contributed by atoms with Crippen molar-refractivity contribution in [2.24, 2.45) is 5.92 Å². The largest absolute Gasteiger partial charge is 0.229 e. The normalized spacial score (nSPS) is 31.4. The topological polar surface area (TPSA) is 34.1 Å². The molecule has 9 heavy (non-hydrogen) atoms. The molecular weight excluding hydrogens is 160 g/mol. The Bertz CT molecular complexity index is 173. The van der Waals surface area contributed by atoms with Gasteiger partial charge in [0.15, 0.2) is 9.84 Å². The van der Waals surface area contributed by atoms with Crippen molar-refractivity contribution in [3.05, 3.63) is 0 Å². The first kappa shape index (κ1) is 9.24. The van der Waals surface area contributed by atoms with E-state index in [9.17, 15) is 8.42 Å². The molecule has 0 saturated carbocycles. The highest BCUT2D eigenvalue weighted by Gasteiger charge is 2.23. The molecule has 2 nitrogen and oxygen atoms in total.